The minimum atomic E-state index is 0. The molecule has 3 rings (SSSR count). The fourth-order valence-electron chi connectivity index (χ4n) is 2.34. The maximum atomic E-state index is 5.32. The van der Waals surface area contributed by atoms with Gasteiger partial charge in [0.1, 0.15) is 5.76 Å². The summed E-state index contributed by atoms with van der Waals surface area (Å²) in [5.74, 6) is 1.68. The average Bonchev–Trinajstić information content (AvgIpc) is 2.94. The first kappa shape index (κ1) is 15.1. The average molecular weight is 296 g/mol. The van der Waals surface area contributed by atoms with Crippen molar-refractivity contribution in [2.24, 2.45) is 0 Å². The van der Waals surface area contributed by atoms with Crippen molar-refractivity contribution in [2.75, 3.05) is 0 Å². The first-order valence-corrected chi connectivity index (χ1v) is 7.05. The van der Waals surface area contributed by atoms with Crippen LogP contribution in [0.4, 0.5) is 0 Å². The SMILES string of the molecule is CC(C)n1nc(C2CC2)cc1CNCc1ccco1.Cl. The van der Waals surface area contributed by atoms with Gasteiger partial charge in [-0.25, -0.2) is 0 Å². The van der Waals surface area contributed by atoms with Gasteiger partial charge in [0.05, 0.1) is 24.2 Å². The maximum absolute atomic E-state index is 5.32. The molecule has 0 radical (unpaired) electrons. The van der Waals surface area contributed by atoms with E-state index in [0.717, 1.165) is 18.8 Å². The zero-order chi connectivity index (χ0) is 13.2. The summed E-state index contributed by atoms with van der Waals surface area (Å²) in [7, 11) is 0. The van der Waals surface area contributed by atoms with Crippen LogP contribution in [0.15, 0.2) is 28.9 Å². The second-order valence-electron chi connectivity index (χ2n) is 5.56. The van der Waals surface area contributed by atoms with E-state index >= 15 is 0 Å². The van der Waals surface area contributed by atoms with Gasteiger partial charge in [-0.05, 0) is 44.9 Å². The summed E-state index contributed by atoms with van der Waals surface area (Å²) in [5, 5.41) is 8.16. The highest BCUT2D eigenvalue weighted by Crippen LogP contribution is 2.39. The van der Waals surface area contributed by atoms with E-state index in [1.165, 1.54) is 24.2 Å². The van der Waals surface area contributed by atoms with E-state index < -0.39 is 0 Å². The minimum Gasteiger partial charge on any atom is -0.468 e. The van der Waals surface area contributed by atoms with Gasteiger partial charge in [-0.1, -0.05) is 0 Å². The van der Waals surface area contributed by atoms with Crippen molar-refractivity contribution in [2.45, 2.75) is 51.7 Å². The van der Waals surface area contributed by atoms with Crippen LogP contribution >= 0.6 is 12.4 Å². The van der Waals surface area contributed by atoms with E-state index in [4.69, 9.17) is 9.52 Å². The Labute approximate surface area is 126 Å². The molecule has 2 aromatic heterocycles. The lowest BCUT2D eigenvalue weighted by molar-refractivity contribution is 0.463. The van der Waals surface area contributed by atoms with Crippen LogP contribution in [0.5, 0.6) is 0 Å². The summed E-state index contributed by atoms with van der Waals surface area (Å²) in [6.45, 7) is 5.95. The Bertz CT molecular complexity index is 529. The second-order valence-corrected chi connectivity index (χ2v) is 5.56. The lowest BCUT2D eigenvalue weighted by atomic mass is 10.2. The van der Waals surface area contributed by atoms with Crippen LogP contribution in [0.1, 0.15) is 55.8 Å². The van der Waals surface area contributed by atoms with Crippen LogP contribution in [0.2, 0.25) is 0 Å². The zero-order valence-corrected chi connectivity index (χ0v) is 12.8. The van der Waals surface area contributed by atoms with E-state index in [1.54, 1.807) is 6.26 Å². The third kappa shape index (κ3) is 3.44. The molecule has 0 saturated heterocycles. The van der Waals surface area contributed by atoms with Crippen molar-refractivity contribution in [3.8, 4) is 0 Å². The van der Waals surface area contributed by atoms with Gasteiger partial charge >= 0.3 is 0 Å². The maximum Gasteiger partial charge on any atom is 0.117 e. The van der Waals surface area contributed by atoms with Crippen molar-refractivity contribution in [1.29, 1.82) is 0 Å². The number of hydrogen-bond donors (Lipinski definition) is 1. The largest absolute Gasteiger partial charge is 0.468 e. The molecule has 110 valence electrons. The number of aromatic nitrogens is 2. The summed E-state index contributed by atoms with van der Waals surface area (Å²) in [6.07, 6.45) is 4.31. The Balaban J connectivity index is 0.00000147. The third-order valence-electron chi connectivity index (χ3n) is 3.50. The summed E-state index contributed by atoms with van der Waals surface area (Å²) in [4.78, 5) is 0. The normalized spacial score (nSPS) is 14.6. The predicted molar refractivity (Wildman–Crippen MR) is 81.1 cm³/mol. The van der Waals surface area contributed by atoms with Crippen molar-refractivity contribution in [1.82, 2.24) is 15.1 Å². The molecule has 0 amide bonds. The Morgan fingerprint density at radius 3 is 2.80 bits per heavy atom. The molecule has 4 nitrogen and oxygen atoms in total. The molecular formula is C15H22ClN3O. The Morgan fingerprint density at radius 2 is 2.20 bits per heavy atom. The fraction of sp³-hybridized carbons (Fsp3) is 0.533. The van der Waals surface area contributed by atoms with Crippen LogP contribution < -0.4 is 5.32 Å². The Kier molecular flexibility index (Phi) is 4.89. The van der Waals surface area contributed by atoms with Gasteiger partial charge < -0.3 is 9.73 Å². The molecule has 1 aliphatic rings. The molecule has 0 aromatic carbocycles. The van der Waals surface area contributed by atoms with Gasteiger partial charge in [0, 0.05) is 18.5 Å². The lowest BCUT2D eigenvalue weighted by Gasteiger charge is -2.11. The molecule has 1 saturated carbocycles. The van der Waals surface area contributed by atoms with Gasteiger partial charge in [-0.2, -0.15) is 5.10 Å². The molecule has 1 N–H and O–H groups in total. The molecule has 0 spiro atoms. The molecule has 2 heterocycles. The topological polar surface area (TPSA) is 43.0 Å². The summed E-state index contributed by atoms with van der Waals surface area (Å²) in [6, 6.07) is 6.57. The summed E-state index contributed by atoms with van der Waals surface area (Å²) >= 11 is 0. The van der Waals surface area contributed by atoms with Crippen molar-refractivity contribution >= 4 is 12.4 Å². The smallest absolute Gasteiger partial charge is 0.117 e. The van der Waals surface area contributed by atoms with Gasteiger partial charge in [-0.15, -0.1) is 12.4 Å². The molecule has 1 aliphatic carbocycles. The highest BCUT2D eigenvalue weighted by Gasteiger charge is 2.27. The van der Waals surface area contributed by atoms with Crippen LogP contribution in [-0.2, 0) is 13.1 Å². The predicted octanol–water partition coefficient (Wildman–Crippen LogP) is 3.65. The first-order chi connectivity index (χ1) is 9.24. The van der Waals surface area contributed by atoms with Crippen LogP contribution in [0, 0.1) is 0 Å². The lowest BCUT2D eigenvalue weighted by Crippen LogP contribution is -2.17. The van der Waals surface area contributed by atoms with E-state index in [2.05, 4.69) is 29.9 Å². The van der Waals surface area contributed by atoms with Crippen molar-refractivity contribution in [3.05, 3.63) is 41.6 Å². The molecule has 0 aliphatic heterocycles. The van der Waals surface area contributed by atoms with E-state index in [1.807, 2.05) is 12.1 Å². The molecule has 0 atom stereocenters. The van der Waals surface area contributed by atoms with Crippen LogP contribution in [0.3, 0.4) is 0 Å². The molecule has 5 heteroatoms. The highest BCUT2D eigenvalue weighted by atomic mass is 35.5. The van der Waals surface area contributed by atoms with Gasteiger partial charge in [0.25, 0.3) is 0 Å². The number of nitrogens with one attached hydrogen (secondary N) is 1. The van der Waals surface area contributed by atoms with E-state index in [-0.39, 0.29) is 12.4 Å². The first-order valence-electron chi connectivity index (χ1n) is 7.05. The highest BCUT2D eigenvalue weighted by molar-refractivity contribution is 5.85. The standard InChI is InChI=1S/C15H21N3O.ClH/c1-11(2)18-13(8-15(17-18)12-5-6-12)9-16-10-14-4-3-7-19-14;/h3-4,7-8,11-12,16H,5-6,9-10H2,1-2H3;1H. The molecule has 2 aromatic rings. The van der Waals surface area contributed by atoms with Gasteiger partial charge in [-0.3, -0.25) is 4.68 Å². The van der Waals surface area contributed by atoms with Crippen LogP contribution in [0.25, 0.3) is 0 Å². The molecule has 20 heavy (non-hydrogen) atoms. The van der Waals surface area contributed by atoms with Crippen LogP contribution in [-0.4, -0.2) is 9.78 Å². The molecule has 1 fully saturated rings. The Morgan fingerprint density at radius 1 is 1.40 bits per heavy atom. The summed E-state index contributed by atoms with van der Waals surface area (Å²) < 4.78 is 7.46. The molecule has 0 unspecified atom stereocenters. The van der Waals surface area contributed by atoms with Crippen molar-refractivity contribution < 1.29 is 4.42 Å². The van der Waals surface area contributed by atoms with Gasteiger partial charge in [0.15, 0.2) is 0 Å². The van der Waals surface area contributed by atoms with Crippen molar-refractivity contribution in [3.63, 3.8) is 0 Å². The minimum absolute atomic E-state index is 0. The summed E-state index contributed by atoms with van der Waals surface area (Å²) in [5.41, 5.74) is 2.53. The number of hydrogen-bond acceptors (Lipinski definition) is 3. The Hall–Kier alpha value is -1.26. The second kappa shape index (κ2) is 6.46. The fourth-order valence-corrected chi connectivity index (χ4v) is 2.34. The van der Waals surface area contributed by atoms with E-state index in [0.29, 0.717) is 12.0 Å². The molecular weight excluding hydrogens is 274 g/mol. The van der Waals surface area contributed by atoms with E-state index in [9.17, 15) is 0 Å². The zero-order valence-electron chi connectivity index (χ0n) is 12.0. The number of nitrogens with zero attached hydrogens (tertiary/aromatic N) is 2. The quantitative estimate of drug-likeness (QED) is 0.884. The number of furan rings is 1. The molecule has 0 bridgehead atoms. The van der Waals surface area contributed by atoms with Gasteiger partial charge in [0.2, 0.25) is 0 Å². The number of rotatable bonds is 6. The third-order valence-corrected chi connectivity index (χ3v) is 3.50. The monoisotopic (exact) mass is 295 g/mol. The number of halogens is 1.